The third kappa shape index (κ3) is 4.36. The van der Waals surface area contributed by atoms with Crippen molar-refractivity contribution in [3.8, 4) is 0 Å². The van der Waals surface area contributed by atoms with E-state index in [2.05, 4.69) is 5.32 Å². The van der Waals surface area contributed by atoms with Crippen LogP contribution in [-0.4, -0.2) is 18.8 Å². The number of rotatable bonds is 2. The summed E-state index contributed by atoms with van der Waals surface area (Å²) in [5.41, 5.74) is -0.381. The van der Waals surface area contributed by atoms with Gasteiger partial charge in [-0.1, -0.05) is 18.2 Å². The lowest BCUT2D eigenvalue weighted by molar-refractivity contribution is -0.183. The molecule has 0 amide bonds. The van der Waals surface area contributed by atoms with Crippen molar-refractivity contribution in [2.24, 2.45) is 5.92 Å². The van der Waals surface area contributed by atoms with Gasteiger partial charge in [0.25, 0.3) is 0 Å². The van der Waals surface area contributed by atoms with Gasteiger partial charge >= 0.3 is 12.4 Å². The molecule has 1 nitrogen and oxygen atoms in total. The summed E-state index contributed by atoms with van der Waals surface area (Å²) in [6.45, 7) is 0.230. The smallest absolute Gasteiger partial charge is 0.314 e. The van der Waals surface area contributed by atoms with Crippen molar-refractivity contribution in [3.05, 3.63) is 35.4 Å². The monoisotopic (exact) mass is 311 g/mol. The number of benzene rings is 1. The highest BCUT2D eigenvalue weighted by Crippen LogP contribution is 2.35. The topological polar surface area (TPSA) is 12.0 Å². The average molecular weight is 311 g/mol. The molecule has 21 heavy (non-hydrogen) atoms. The van der Waals surface area contributed by atoms with E-state index in [0.29, 0.717) is 5.56 Å². The molecule has 2 rings (SSSR count). The van der Waals surface area contributed by atoms with E-state index in [0.717, 1.165) is 12.1 Å². The lowest BCUT2D eigenvalue weighted by Crippen LogP contribution is -2.43. The quantitative estimate of drug-likeness (QED) is 0.808. The highest BCUT2D eigenvalue weighted by atomic mass is 19.4. The molecule has 2 atom stereocenters. The highest BCUT2D eigenvalue weighted by Gasteiger charge is 2.42. The van der Waals surface area contributed by atoms with Gasteiger partial charge in [0.2, 0.25) is 0 Å². The van der Waals surface area contributed by atoms with Crippen LogP contribution in [0.5, 0.6) is 0 Å². The largest absolute Gasteiger partial charge is 0.416 e. The van der Waals surface area contributed by atoms with Crippen LogP contribution in [-0.2, 0) is 12.6 Å². The van der Waals surface area contributed by atoms with Gasteiger partial charge < -0.3 is 5.32 Å². The molecule has 2 unspecified atom stereocenters. The maximum Gasteiger partial charge on any atom is 0.416 e. The molecule has 1 aromatic rings. The first-order valence-electron chi connectivity index (χ1n) is 6.62. The van der Waals surface area contributed by atoms with E-state index < -0.39 is 29.9 Å². The van der Waals surface area contributed by atoms with Crippen LogP contribution < -0.4 is 5.32 Å². The molecule has 1 aliphatic heterocycles. The molecule has 7 heteroatoms. The van der Waals surface area contributed by atoms with E-state index in [-0.39, 0.29) is 25.8 Å². The highest BCUT2D eigenvalue weighted by molar-refractivity contribution is 5.26. The van der Waals surface area contributed by atoms with Gasteiger partial charge in [0.15, 0.2) is 0 Å². The van der Waals surface area contributed by atoms with Crippen LogP contribution in [0.3, 0.4) is 0 Å². The Balaban J connectivity index is 2.05. The first-order chi connectivity index (χ1) is 9.66. The van der Waals surface area contributed by atoms with Gasteiger partial charge in [0.1, 0.15) is 0 Å². The van der Waals surface area contributed by atoms with Crippen LogP contribution in [0.15, 0.2) is 24.3 Å². The molecule has 0 aliphatic carbocycles. The van der Waals surface area contributed by atoms with Crippen LogP contribution in [0.4, 0.5) is 26.3 Å². The van der Waals surface area contributed by atoms with E-state index in [4.69, 9.17) is 0 Å². The number of halogens is 6. The second-order valence-electron chi connectivity index (χ2n) is 5.32. The Hall–Kier alpha value is -1.24. The van der Waals surface area contributed by atoms with Gasteiger partial charge in [-0.3, -0.25) is 0 Å². The van der Waals surface area contributed by atoms with E-state index in [1.54, 1.807) is 0 Å². The molecule has 1 heterocycles. The van der Waals surface area contributed by atoms with Crippen molar-refractivity contribution in [1.29, 1.82) is 0 Å². The van der Waals surface area contributed by atoms with Crippen molar-refractivity contribution >= 4 is 0 Å². The molecular weight excluding hydrogens is 296 g/mol. The Morgan fingerprint density at radius 1 is 1.10 bits per heavy atom. The third-order valence-corrected chi connectivity index (χ3v) is 3.69. The van der Waals surface area contributed by atoms with Crippen molar-refractivity contribution in [1.82, 2.24) is 5.32 Å². The third-order valence-electron chi connectivity index (χ3n) is 3.69. The zero-order valence-corrected chi connectivity index (χ0v) is 11.1. The zero-order chi connectivity index (χ0) is 15.7. The number of alkyl halides is 6. The molecule has 1 fully saturated rings. The number of hydrogen-bond acceptors (Lipinski definition) is 1. The molecule has 1 N–H and O–H groups in total. The molecule has 0 aromatic heterocycles. The van der Waals surface area contributed by atoms with Crippen molar-refractivity contribution in [2.75, 3.05) is 6.54 Å². The summed E-state index contributed by atoms with van der Waals surface area (Å²) < 4.78 is 75.9. The second-order valence-corrected chi connectivity index (χ2v) is 5.32. The van der Waals surface area contributed by atoms with E-state index in [1.165, 1.54) is 12.1 Å². The van der Waals surface area contributed by atoms with Gasteiger partial charge in [-0.05, 0) is 37.4 Å². The normalized spacial score (nSPS) is 24.1. The van der Waals surface area contributed by atoms with E-state index in [9.17, 15) is 26.3 Å². The second kappa shape index (κ2) is 5.87. The molecule has 1 aliphatic rings. The fourth-order valence-corrected chi connectivity index (χ4v) is 2.62. The Labute approximate surface area is 118 Å². The van der Waals surface area contributed by atoms with Crippen LogP contribution in [0, 0.1) is 5.92 Å². The predicted octanol–water partition coefficient (Wildman–Crippen LogP) is 4.18. The van der Waals surface area contributed by atoms with Gasteiger partial charge in [0, 0.05) is 6.04 Å². The Kier molecular flexibility index (Phi) is 4.51. The Morgan fingerprint density at radius 2 is 1.81 bits per heavy atom. The van der Waals surface area contributed by atoms with Crippen LogP contribution in [0.1, 0.15) is 24.0 Å². The number of hydrogen-bond donors (Lipinski definition) is 1. The van der Waals surface area contributed by atoms with Crippen LogP contribution in [0.25, 0.3) is 0 Å². The summed E-state index contributed by atoms with van der Waals surface area (Å²) in [7, 11) is 0. The molecule has 0 spiro atoms. The lowest BCUT2D eigenvalue weighted by atomic mass is 9.88. The summed E-state index contributed by atoms with van der Waals surface area (Å²) in [5, 5.41) is 2.95. The van der Waals surface area contributed by atoms with E-state index >= 15 is 0 Å². The first-order valence-corrected chi connectivity index (χ1v) is 6.62. The summed E-state index contributed by atoms with van der Waals surface area (Å²) in [5.74, 6) is -1.38. The molecule has 0 saturated carbocycles. The maximum atomic E-state index is 12.7. The lowest BCUT2D eigenvalue weighted by Gasteiger charge is -2.31. The minimum atomic E-state index is -4.44. The van der Waals surface area contributed by atoms with Crippen molar-refractivity contribution < 1.29 is 26.3 Å². The van der Waals surface area contributed by atoms with Crippen molar-refractivity contribution in [2.45, 2.75) is 37.7 Å². The van der Waals surface area contributed by atoms with Crippen molar-refractivity contribution in [3.63, 3.8) is 0 Å². The fraction of sp³-hybridized carbons (Fsp3) is 0.571. The first kappa shape index (κ1) is 16.1. The van der Waals surface area contributed by atoms with Crippen LogP contribution in [0.2, 0.25) is 0 Å². The number of nitrogens with one attached hydrogen (secondary N) is 1. The van der Waals surface area contributed by atoms with Crippen LogP contribution >= 0.6 is 0 Å². The Morgan fingerprint density at radius 3 is 2.43 bits per heavy atom. The van der Waals surface area contributed by atoms with Gasteiger partial charge in [-0.2, -0.15) is 26.3 Å². The number of piperidine rings is 1. The average Bonchev–Trinajstić information content (AvgIpc) is 2.37. The van der Waals surface area contributed by atoms with Gasteiger partial charge in [-0.15, -0.1) is 0 Å². The molecular formula is C14H15F6N. The SMILES string of the molecule is FC(F)(F)c1cccc(CC2CC(C(F)(F)F)CCN2)c1. The molecule has 0 radical (unpaired) electrons. The molecule has 1 aromatic carbocycles. The Bertz CT molecular complexity index is 479. The molecule has 1 saturated heterocycles. The molecule has 0 bridgehead atoms. The molecule has 118 valence electrons. The predicted molar refractivity (Wildman–Crippen MR) is 65.7 cm³/mol. The van der Waals surface area contributed by atoms with Gasteiger partial charge in [0.05, 0.1) is 11.5 Å². The summed E-state index contributed by atoms with van der Waals surface area (Å²) in [6.07, 6.45) is -8.60. The van der Waals surface area contributed by atoms with Gasteiger partial charge in [-0.25, -0.2) is 0 Å². The summed E-state index contributed by atoms with van der Waals surface area (Å²) >= 11 is 0. The zero-order valence-electron chi connectivity index (χ0n) is 11.1. The standard InChI is InChI=1S/C14H15F6N/c15-13(16,17)10-3-1-2-9(6-10)7-12-8-11(4-5-21-12)14(18,19)20/h1-3,6,11-12,21H,4-5,7-8H2. The minimum Gasteiger partial charge on any atom is -0.314 e. The van der Waals surface area contributed by atoms with E-state index in [1.807, 2.05) is 0 Å². The fourth-order valence-electron chi connectivity index (χ4n) is 2.62. The summed E-state index contributed by atoms with van der Waals surface area (Å²) in [6, 6.07) is 4.29. The minimum absolute atomic E-state index is 0.0165. The maximum absolute atomic E-state index is 12.7. The summed E-state index contributed by atoms with van der Waals surface area (Å²) in [4.78, 5) is 0.